The van der Waals surface area contributed by atoms with Crippen LogP contribution in [-0.4, -0.2) is 34.7 Å². The fourth-order valence-corrected chi connectivity index (χ4v) is 6.84. The summed E-state index contributed by atoms with van der Waals surface area (Å²) in [7, 11) is 3.21. The molecule has 0 saturated carbocycles. The third-order valence-corrected chi connectivity index (χ3v) is 7.28. The van der Waals surface area contributed by atoms with Crippen molar-refractivity contribution in [2.75, 3.05) is 19.5 Å². The van der Waals surface area contributed by atoms with Gasteiger partial charge in [0.05, 0.1) is 14.2 Å². The number of hydrogen-bond donors (Lipinski definition) is 1. The summed E-state index contributed by atoms with van der Waals surface area (Å²) < 4.78 is 10.4. The highest BCUT2D eigenvalue weighted by molar-refractivity contribution is 8.19. The highest BCUT2D eigenvalue weighted by Crippen LogP contribution is 2.47. The molecule has 0 aromatic heterocycles. The molecule has 1 amide bonds. The SMILES string of the molecule is CCCCCCC(SC(C)C)(SC(C)C)C(=O)Nc1c(OC)cccc1OC. The largest absolute Gasteiger partial charge is 0.494 e. The van der Waals surface area contributed by atoms with Crippen molar-refractivity contribution in [2.24, 2.45) is 0 Å². The Morgan fingerprint density at radius 3 is 1.96 bits per heavy atom. The molecular weight excluding hydrogens is 390 g/mol. The Kier molecular flexibility index (Phi) is 11.2. The number of rotatable bonds is 13. The Bertz CT molecular complexity index is 573. The molecule has 0 aliphatic rings. The van der Waals surface area contributed by atoms with Crippen molar-refractivity contribution in [3.05, 3.63) is 18.2 Å². The molecule has 1 aromatic carbocycles. The molecule has 0 spiro atoms. The molecule has 1 rings (SSSR count). The van der Waals surface area contributed by atoms with E-state index in [1.165, 1.54) is 12.8 Å². The minimum atomic E-state index is -0.540. The smallest absolute Gasteiger partial charge is 0.251 e. The number of benzene rings is 1. The lowest BCUT2D eigenvalue weighted by atomic mass is 10.1. The molecule has 0 aliphatic carbocycles. The predicted molar refractivity (Wildman–Crippen MR) is 125 cm³/mol. The van der Waals surface area contributed by atoms with Crippen LogP contribution in [0.5, 0.6) is 11.5 Å². The Morgan fingerprint density at radius 2 is 1.54 bits per heavy atom. The van der Waals surface area contributed by atoms with Gasteiger partial charge in [-0.1, -0.05) is 66.4 Å². The lowest BCUT2D eigenvalue weighted by Gasteiger charge is -2.35. The topological polar surface area (TPSA) is 47.6 Å². The first-order valence-corrected chi connectivity index (χ1v) is 11.9. The van der Waals surface area contributed by atoms with Gasteiger partial charge in [-0.3, -0.25) is 4.79 Å². The highest BCUT2D eigenvalue weighted by atomic mass is 32.2. The number of carbonyl (C=O) groups is 1. The van der Waals surface area contributed by atoms with Crippen molar-refractivity contribution in [2.45, 2.75) is 81.3 Å². The van der Waals surface area contributed by atoms with Crippen LogP contribution in [0.15, 0.2) is 18.2 Å². The summed E-state index contributed by atoms with van der Waals surface area (Å²) in [4.78, 5) is 13.6. The molecule has 0 atom stereocenters. The Balaban J connectivity index is 3.21. The minimum absolute atomic E-state index is 0.0178. The number of anilines is 1. The fraction of sp³-hybridized carbons (Fsp3) is 0.682. The number of nitrogens with one attached hydrogen (secondary N) is 1. The van der Waals surface area contributed by atoms with Crippen LogP contribution >= 0.6 is 23.5 Å². The normalized spacial score (nSPS) is 11.8. The van der Waals surface area contributed by atoms with E-state index >= 15 is 0 Å². The maximum atomic E-state index is 13.6. The molecule has 0 unspecified atom stereocenters. The molecule has 1 aromatic rings. The maximum Gasteiger partial charge on any atom is 0.251 e. The zero-order valence-corrected chi connectivity index (χ0v) is 20.1. The van der Waals surface area contributed by atoms with E-state index in [9.17, 15) is 4.79 Å². The van der Waals surface area contributed by atoms with Gasteiger partial charge in [0, 0.05) is 10.5 Å². The van der Waals surface area contributed by atoms with Crippen LogP contribution < -0.4 is 14.8 Å². The number of ether oxygens (including phenoxy) is 2. The van der Waals surface area contributed by atoms with Crippen molar-refractivity contribution in [1.82, 2.24) is 0 Å². The lowest BCUT2D eigenvalue weighted by Crippen LogP contribution is -2.39. The van der Waals surface area contributed by atoms with Crippen molar-refractivity contribution >= 4 is 35.1 Å². The van der Waals surface area contributed by atoms with Crippen LogP contribution in [-0.2, 0) is 4.79 Å². The number of hydrogen-bond acceptors (Lipinski definition) is 5. The van der Waals surface area contributed by atoms with Gasteiger partial charge in [-0.15, -0.1) is 23.5 Å². The summed E-state index contributed by atoms with van der Waals surface area (Å²) in [5.41, 5.74) is 0.601. The second kappa shape index (κ2) is 12.5. The van der Waals surface area contributed by atoms with Crippen LogP contribution in [0.25, 0.3) is 0 Å². The quantitative estimate of drug-likeness (QED) is 0.284. The second-order valence-corrected chi connectivity index (χ2v) is 11.4. The van der Waals surface area contributed by atoms with Crippen LogP contribution in [0.1, 0.15) is 66.7 Å². The highest BCUT2D eigenvalue weighted by Gasteiger charge is 2.41. The van der Waals surface area contributed by atoms with Gasteiger partial charge in [-0.2, -0.15) is 0 Å². The lowest BCUT2D eigenvalue weighted by molar-refractivity contribution is -0.116. The number of unbranched alkanes of at least 4 members (excludes halogenated alkanes) is 3. The van der Waals surface area contributed by atoms with Gasteiger partial charge < -0.3 is 14.8 Å². The van der Waals surface area contributed by atoms with Crippen molar-refractivity contribution in [1.29, 1.82) is 0 Å². The zero-order chi connectivity index (χ0) is 21.2. The van der Waals surface area contributed by atoms with Gasteiger partial charge in [0.25, 0.3) is 5.91 Å². The Labute approximate surface area is 179 Å². The summed E-state index contributed by atoms with van der Waals surface area (Å²) >= 11 is 3.51. The number of methoxy groups -OCH3 is 2. The van der Waals surface area contributed by atoms with E-state index in [1.54, 1.807) is 37.7 Å². The minimum Gasteiger partial charge on any atom is -0.494 e. The molecule has 0 radical (unpaired) electrons. The molecule has 0 bridgehead atoms. The van der Waals surface area contributed by atoms with E-state index in [0.29, 0.717) is 27.7 Å². The second-order valence-electron chi connectivity index (χ2n) is 7.39. The predicted octanol–water partition coefficient (Wildman–Crippen LogP) is 6.59. The number of thioether (sulfide) groups is 2. The first-order chi connectivity index (χ1) is 13.3. The fourth-order valence-electron chi connectivity index (χ4n) is 3.10. The molecule has 160 valence electrons. The molecule has 28 heavy (non-hydrogen) atoms. The van der Waals surface area contributed by atoms with E-state index in [4.69, 9.17) is 9.47 Å². The van der Waals surface area contributed by atoms with Crippen LogP contribution in [0.3, 0.4) is 0 Å². The zero-order valence-electron chi connectivity index (χ0n) is 18.5. The molecule has 4 nitrogen and oxygen atoms in total. The monoisotopic (exact) mass is 427 g/mol. The Morgan fingerprint density at radius 1 is 1.00 bits per heavy atom. The van der Waals surface area contributed by atoms with Gasteiger partial charge in [-0.25, -0.2) is 0 Å². The Hall–Kier alpha value is -1.01. The molecule has 0 fully saturated rings. The van der Waals surface area contributed by atoms with Crippen LogP contribution in [0, 0.1) is 0 Å². The molecule has 0 aliphatic heterocycles. The van der Waals surface area contributed by atoms with E-state index in [1.807, 2.05) is 18.2 Å². The summed E-state index contributed by atoms with van der Waals surface area (Å²) in [6, 6.07) is 5.54. The molecule has 1 N–H and O–H groups in total. The number of carbonyl (C=O) groups excluding carboxylic acids is 1. The number of amides is 1. The van der Waals surface area contributed by atoms with E-state index in [-0.39, 0.29) is 5.91 Å². The van der Waals surface area contributed by atoms with E-state index < -0.39 is 4.08 Å². The van der Waals surface area contributed by atoms with Gasteiger partial charge in [0.15, 0.2) is 0 Å². The first-order valence-electron chi connectivity index (χ1n) is 10.2. The third-order valence-electron chi connectivity index (χ3n) is 4.22. The van der Waals surface area contributed by atoms with Gasteiger partial charge in [0.2, 0.25) is 0 Å². The number of para-hydroxylation sites is 1. The van der Waals surface area contributed by atoms with Gasteiger partial charge in [0.1, 0.15) is 21.3 Å². The summed E-state index contributed by atoms with van der Waals surface area (Å²) in [6.45, 7) is 10.8. The first kappa shape index (κ1) is 25.0. The standard InChI is InChI=1S/C22H37NO3S2/c1-8-9-10-11-15-22(27-16(2)3,28-17(4)5)21(24)23-20-18(25-6)13-12-14-19(20)26-7/h12-14,16-17H,8-11,15H2,1-7H3,(H,23,24). The average molecular weight is 428 g/mol. The van der Waals surface area contributed by atoms with Crippen LogP contribution in [0.4, 0.5) is 5.69 Å². The molecule has 0 saturated heterocycles. The van der Waals surface area contributed by atoms with Crippen molar-refractivity contribution in [3.63, 3.8) is 0 Å². The van der Waals surface area contributed by atoms with E-state index in [2.05, 4.69) is 39.9 Å². The summed E-state index contributed by atoms with van der Waals surface area (Å²) in [6.07, 6.45) is 5.44. The molecule has 0 heterocycles. The van der Waals surface area contributed by atoms with Crippen molar-refractivity contribution in [3.8, 4) is 11.5 Å². The third kappa shape index (κ3) is 7.43. The molecular formula is C22H37NO3S2. The maximum absolute atomic E-state index is 13.6. The molecule has 6 heteroatoms. The van der Waals surface area contributed by atoms with Crippen molar-refractivity contribution < 1.29 is 14.3 Å². The van der Waals surface area contributed by atoms with Gasteiger partial charge in [-0.05, 0) is 18.6 Å². The summed E-state index contributed by atoms with van der Waals surface area (Å²) in [5.74, 6) is 1.23. The van der Waals surface area contributed by atoms with Crippen LogP contribution in [0.2, 0.25) is 0 Å². The average Bonchev–Trinajstić information content (AvgIpc) is 2.64. The summed E-state index contributed by atoms with van der Waals surface area (Å²) in [5, 5.41) is 3.84. The van der Waals surface area contributed by atoms with Gasteiger partial charge >= 0.3 is 0 Å². The van der Waals surface area contributed by atoms with E-state index in [0.717, 1.165) is 19.3 Å².